The van der Waals surface area contributed by atoms with Crippen molar-refractivity contribution in [1.82, 2.24) is 10.6 Å². The predicted molar refractivity (Wildman–Crippen MR) is 89.9 cm³/mol. The summed E-state index contributed by atoms with van der Waals surface area (Å²) in [6.07, 6.45) is 2.32. The van der Waals surface area contributed by atoms with Crippen LogP contribution in [0.4, 0.5) is 0 Å². The van der Waals surface area contributed by atoms with E-state index in [-0.39, 0.29) is 24.0 Å². The van der Waals surface area contributed by atoms with Crippen LogP contribution in [0.5, 0.6) is 0 Å². The highest BCUT2D eigenvalue weighted by atomic mass is 127. The Morgan fingerprint density at radius 1 is 1.22 bits per heavy atom. The second-order valence-electron chi connectivity index (χ2n) is 4.64. The minimum atomic E-state index is 0. The average Bonchev–Trinajstić information content (AvgIpc) is 2.31. The highest BCUT2D eigenvalue weighted by molar-refractivity contribution is 14.0. The molecule has 0 aromatic heterocycles. The topological polar surface area (TPSA) is 45.6 Å². The van der Waals surface area contributed by atoms with Crippen molar-refractivity contribution in [3.8, 4) is 0 Å². The molecule has 0 rings (SSSR count). The van der Waals surface area contributed by atoms with E-state index in [0.717, 1.165) is 32.1 Å². The number of halogens is 1. The molecule has 0 saturated heterocycles. The van der Waals surface area contributed by atoms with Crippen LogP contribution in [-0.4, -0.2) is 38.8 Å². The van der Waals surface area contributed by atoms with E-state index in [9.17, 15) is 0 Å². The number of hydrogen-bond acceptors (Lipinski definition) is 2. The lowest BCUT2D eigenvalue weighted by atomic mass is 10.1. The van der Waals surface area contributed by atoms with Gasteiger partial charge >= 0.3 is 0 Å². The van der Waals surface area contributed by atoms with E-state index in [4.69, 9.17) is 4.74 Å². The monoisotopic (exact) mass is 371 g/mol. The van der Waals surface area contributed by atoms with E-state index in [2.05, 4.69) is 43.3 Å². The number of hydrogen-bond donors (Lipinski definition) is 2. The van der Waals surface area contributed by atoms with Gasteiger partial charge in [-0.2, -0.15) is 0 Å². The number of nitrogens with zero attached hydrogens (tertiary/aromatic N) is 1. The van der Waals surface area contributed by atoms with Crippen LogP contribution in [0.3, 0.4) is 0 Å². The van der Waals surface area contributed by atoms with E-state index >= 15 is 0 Å². The fraction of sp³-hybridized carbons (Fsp3) is 0.923. The quantitative estimate of drug-likeness (QED) is 0.298. The molecule has 0 heterocycles. The molecule has 0 fully saturated rings. The van der Waals surface area contributed by atoms with Crippen LogP contribution in [0.15, 0.2) is 4.99 Å². The summed E-state index contributed by atoms with van der Waals surface area (Å²) in [5.74, 6) is 1.44. The first-order chi connectivity index (χ1) is 8.11. The van der Waals surface area contributed by atoms with Crippen LogP contribution in [-0.2, 0) is 4.74 Å². The highest BCUT2D eigenvalue weighted by Crippen LogP contribution is 1.98. The Bertz CT molecular complexity index is 210. The summed E-state index contributed by atoms with van der Waals surface area (Å²) in [6.45, 7) is 11.1. The largest absolute Gasteiger partial charge is 0.380 e. The van der Waals surface area contributed by atoms with Crippen LogP contribution >= 0.6 is 24.0 Å². The second-order valence-corrected chi connectivity index (χ2v) is 4.64. The maximum atomic E-state index is 5.48. The Morgan fingerprint density at radius 3 is 2.39 bits per heavy atom. The van der Waals surface area contributed by atoms with Crippen LogP contribution in [0, 0.1) is 5.92 Å². The fourth-order valence-electron chi connectivity index (χ4n) is 1.17. The van der Waals surface area contributed by atoms with E-state index < -0.39 is 0 Å². The van der Waals surface area contributed by atoms with Crippen LogP contribution in [0.25, 0.3) is 0 Å². The van der Waals surface area contributed by atoms with E-state index in [1.54, 1.807) is 7.05 Å². The Hall–Kier alpha value is -0.0400. The number of aliphatic imine (C=N–C) groups is 1. The zero-order chi connectivity index (χ0) is 13.1. The average molecular weight is 371 g/mol. The number of guanidine groups is 1. The van der Waals surface area contributed by atoms with Gasteiger partial charge in [-0.15, -0.1) is 24.0 Å². The molecular formula is C13H30IN3O. The van der Waals surface area contributed by atoms with Gasteiger partial charge in [0.2, 0.25) is 0 Å². The first-order valence-corrected chi connectivity index (χ1v) is 6.66. The Morgan fingerprint density at radius 2 is 1.89 bits per heavy atom. The summed E-state index contributed by atoms with van der Waals surface area (Å²) in [5, 5.41) is 6.60. The van der Waals surface area contributed by atoms with Gasteiger partial charge in [0, 0.05) is 26.2 Å². The smallest absolute Gasteiger partial charge is 0.191 e. The van der Waals surface area contributed by atoms with Gasteiger partial charge in [0.15, 0.2) is 5.96 Å². The summed E-state index contributed by atoms with van der Waals surface area (Å²) >= 11 is 0. The van der Waals surface area contributed by atoms with Gasteiger partial charge in [0.1, 0.15) is 0 Å². The molecular weight excluding hydrogens is 341 g/mol. The molecule has 2 N–H and O–H groups in total. The summed E-state index contributed by atoms with van der Waals surface area (Å²) in [6, 6.07) is 0.419. The minimum absolute atomic E-state index is 0. The molecule has 0 radical (unpaired) electrons. The van der Waals surface area contributed by atoms with Crippen molar-refractivity contribution < 1.29 is 4.74 Å². The summed E-state index contributed by atoms with van der Waals surface area (Å²) < 4.78 is 5.48. The van der Waals surface area contributed by atoms with Gasteiger partial charge < -0.3 is 15.4 Å². The summed E-state index contributed by atoms with van der Waals surface area (Å²) in [5.41, 5.74) is 0. The molecule has 0 amide bonds. The van der Waals surface area contributed by atoms with Crippen molar-refractivity contribution in [2.45, 2.75) is 46.6 Å². The first-order valence-electron chi connectivity index (χ1n) is 6.66. The number of unbranched alkanes of at least 4 members (excludes halogenated alkanes) is 1. The lowest BCUT2D eigenvalue weighted by Crippen LogP contribution is -2.45. The summed E-state index contributed by atoms with van der Waals surface area (Å²) in [4.78, 5) is 4.18. The third-order valence-electron chi connectivity index (χ3n) is 2.77. The van der Waals surface area contributed by atoms with Crippen molar-refractivity contribution in [3.05, 3.63) is 0 Å². The van der Waals surface area contributed by atoms with Gasteiger partial charge in [0.25, 0.3) is 0 Å². The molecule has 18 heavy (non-hydrogen) atoms. The predicted octanol–water partition coefficient (Wildman–Crippen LogP) is 2.63. The van der Waals surface area contributed by atoms with E-state index in [0.29, 0.717) is 12.0 Å². The second kappa shape index (κ2) is 13.4. The van der Waals surface area contributed by atoms with Crippen molar-refractivity contribution in [2.24, 2.45) is 10.9 Å². The maximum Gasteiger partial charge on any atom is 0.191 e. The van der Waals surface area contributed by atoms with Crippen molar-refractivity contribution >= 4 is 29.9 Å². The number of ether oxygens (including phenoxy) is 1. The molecule has 0 aliphatic rings. The van der Waals surface area contributed by atoms with Gasteiger partial charge in [-0.1, -0.05) is 27.2 Å². The SMILES string of the molecule is CCCCOCCNC(=NC)NC(C)C(C)C.I. The molecule has 4 nitrogen and oxygen atoms in total. The molecule has 1 atom stereocenters. The van der Waals surface area contributed by atoms with Crippen molar-refractivity contribution in [2.75, 3.05) is 26.8 Å². The Balaban J connectivity index is 0. The van der Waals surface area contributed by atoms with E-state index in [1.165, 1.54) is 6.42 Å². The molecule has 1 unspecified atom stereocenters. The lowest BCUT2D eigenvalue weighted by molar-refractivity contribution is 0.136. The standard InChI is InChI=1S/C13H29N3O.HI/c1-6-7-9-17-10-8-15-13(14-5)16-12(4)11(2)3;/h11-12H,6-10H2,1-5H3,(H2,14,15,16);1H. The van der Waals surface area contributed by atoms with Crippen LogP contribution in [0.1, 0.15) is 40.5 Å². The third-order valence-corrected chi connectivity index (χ3v) is 2.77. The lowest BCUT2D eigenvalue weighted by Gasteiger charge is -2.20. The number of rotatable bonds is 8. The van der Waals surface area contributed by atoms with Crippen LogP contribution < -0.4 is 10.6 Å². The number of nitrogens with one attached hydrogen (secondary N) is 2. The van der Waals surface area contributed by atoms with Crippen molar-refractivity contribution in [3.63, 3.8) is 0 Å². The Labute approximate surface area is 129 Å². The minimum Gasteiger partial charge on any atom is -0.380 e. The molecule has 0 bridgehead atoms. The zero-order valence-electron chi connectivity index (χ0n) is 12.5. The molecule has 110 valence electrons. The fourth-order valence-corrected chi connectivity index (χ4v) is 1.17. The van der Waals surface area contributed by atoms with Gasteiger partial charge in [-0.25, -0.2) is 0 Å². The van der Waals surface area contributed by atoms with Crippen LogP contribution in [0.2, 0.25) is 0 Å². The maximum absolute atomic E-state index is 5.48. The molecule has 0 aliphatic carbocycles. The van der Waals surface area contributed by atoms with Gasteiger partial charge in [-0.3, -0.25) is 4.99 Å². The highest BCUT2D eigenvalue weighted by Gasteiger charge is 2.08. The Kier molecular flexibility index (Phi) is 15.1. The van der Waals surface area contributed by atoms with E-state index in [1.807, 2.05) is 0 Å². The molecule has 0 aromatic rings. The first kappa shape index (κ1) is 20.3. The molecule has 0 saturated carbocycles. The summed E-state index contributed by atoms with van der Waals surface area (Å²) in [7, 11) is 1.79. The molecule has 0 spiro atoms. The zero-order valence-corrected chi connectivity index (χ0v) is 14.8. The van der Waals surface area contributed by atoms with Gasteiger partial charge in [0.05, 0.1) is 6.61 Å². The molecule has 0 aromatic carbocycles. The molecule has 0 aliphatic heterocycles. The van der Waals surface area contributed by atoms with Gasteiger partial charge in [-0.05, 0) is 19.3 Å². The normalized spacial score (nSPS) is 13.1. The third kappa shape index (κ3) is 11.1. The molecule has 5 heteroatoms. The van der Waals surface area contributed by atoms with Crippen molar-refractivity contribution in [1.29, 1.82) is 0 Å².